The van der Waals surface area contributed by atoms with E-state index in [1.807, 2.05) is 7.05 Å². The molecule has 0 radical (unpaired) electrons. The van der Waals surface area contributed by atoms with Gasteiger partial charge in [0, 0.05) is 41.4 Å². The van der Waals surface area contributed by atoms with Gasteiger partial charge >= 0.3 is 0 Å². The zero-order valence-electron chi connectivity index (χ0n) is 13.3. The Kier molecular flexibility index (Phi) is 4.57. The first-order chi connectivity index (χ1) is 10.1. The average Bonchev–Trinajstić information content (AvgIpc) is 2.71. The lowest BCUT2D eigenvalue weighted by molar-refractivity contribution is 0.254. The van der Waals surface area contributed by atoms with Gasteiger partial charge in [-0.1, -0.05) is 22.0 Å². The molecule has 1 aromatic carbocycles. The molecule has 116 valence electrons. The van der Waals surface area contributed by atoms with Crippen LogP contribution in [-0.4, -0.2) is 44.2 Å². The molecule has 0 aromatic heterocycles. The minimum absolute atomic E-state index is 0.375. The molecule has 2 bridgehead atoms. The van der Waals surface area contributed by atoms with E-state index in [2.05, 4.69) is 63.2 Å². The van der Waals surface area contributed by atoms with Crippen LogP contribution in [0.15, 0.2) is 22.7 Å². The Labute approximate surface area is 136 Å². The van der Waals surface area contributed by atoms with Gasteiger partial charge in [0.05, 0.1) is 0 Å². The summed E-state index contributed by atoms with van der Waals surface area (Å²) in [4.78, 5) is 5.17. The van der Waals surface area contributed by atoms with Crippen LogP contribution in [0.4, 0.5) is 5.69 Å². The van der Waals surface area contributed by atoms with Crippen LogP contribution < -0.4 is 10.2 Å². The van der Waals surface area contributed by atoms with E-state index in [1.165, 1.54) is 48.1 Å². The number of anilines is 1. The molecule has 3 unspecified atom stereocenters. The third-order valence-electron chi connectivity index (χ3n) is 5.40. The quantitative estimate of drug-likeness (QED) is 0.900. The summed E-state index contributed by atoms with van der Waals surface area (Å²) in [5, 5.41) is 3.31. The molecule has 3 rings (SSSR count). The molecular formula is C17H26BrN3. The fraction of sp³-hybridized carbons (Fsp3) is 0.647. The van der Waals surface area contributed by atoms with Crippen LogP contribution in [-0.2, 0) is 0 Å². The second kappa shape index (κ2) is 6.27. The molecule has 0 spiro atoms. The highest BCUT2D eigenvalue weighted by molar-refractivity contribution is 9.10. The van der Waals surface area contributed by atoms with Crippen LogP contribution in [0.3, 0.4) is 0 Å². The maximum absolute atomic E-state index is 3.75. The van der Waals surface area contributed by atoms with Gasteiger partial charge in [0.25, 0.3) is 0 Å². The van der Waals surface area contributed by atoms with E-state index in [-0.39, 0.29) is 0 Å². The maximum Gasteiger partial charge on any atom is 0.0378 e. The second-order valence-electron chi connectivity index (χ2n) is 6.50. The van der Waals surface area contributed by atoms with E-state index < -0.39 is 0 Å². The molecule has 4 heteroatoms. The summed E-state index contributed by atoms with van der Waals surface area (Å²) in [5.41, 5.74) is 2.68. The Morgan fingerprint density at radius 1 is 1.24 bits per heavy atom. The number of benzene rings is 1. The molecule has 0 amide bonds. The van der Waals surface area contributed by atoms with E-state index in [4.69, 9.17) is 0 Å². The van der Waals surface area contributed by atoms with Gasteiger partial charge in [0.1, 0.15) is 0 Å². The number of nitrogens with one attached hydrogen (secondary N) is 1. The third kappa shape index (κ3) is 2.99. The van der Waals surface area contributed by atoms with Gasteiger partial charge in [0.2, 0.25) is 0 Å². The number of halogens is 1. The minimum atomic E-state index is 0.375. The summed E-state index contributed by atoms with van der Waals surface area (Å²) in [7, 11) is 4.31. The molecule has 21 heavy (non-hydrogen) atoms. The zero-order valence-corrected chi connectivity index (χ0v) is 14.9. The maximum atomic E-state index is 3.75. The minimum Gasteiger partial charge on any atom is -0.370 e. The normalized spacial score (nSPS) is 27.7. The predicted octanol–water partition coefficient (Wildman–Crippen LogP) is 3.40. The molecule has 1 aromatic rings. The third-order valence-corrected chi connectivity index (χ3v) is 6.08. The van der Waals surface area contributed by atoms with Crippen LogP contribution >= 0.6 is 15.9 Å². The van der Waals surface area contributed by atoms with Crippen LogP contribution in [0.2, 0.25) is 0 Å². The van der Waals surface area contributed by atoms with E-state index in [1.54, 1.807) is 0 Å². The van der Waals surface area contributed by atoms with Crippen molar-refractivity contribution in [1.82, 2.24) is 10.2 Å². The zero-order chi connectivity index (χ0) is 15.0. The summed E-state index contributed by atoms with van der Waals surface area (Å²) in [5.74, 6) is 0. The topological polar surface area (TPSA) is 18.5 Å². The summed E-state index contributed by atoms with van der Waals surface area (Å²) >= 11 is 3.75. The van der Waals surface area contributed by atoms with Crippen molar-refractivity contribution in [3.05, 3.63) is 28.2 Å². The van der Waals surface area contributed by atoms with Gasteiger partial charge in [-0.3, -0.25) is 4.90 Å². The predicted molar refractivity (Wildman–Crippen MR) is 93.0 cm³/mol. The van der Waals surface area contributed by atoms with Crippen molar-refractivity contribution in [3.63, 3.8) is 0 Å². The molecule has 0 saturated carbocycles. The number of likely N-dealkylation sites (N-methyl/N-ethyl adjacent to an activating group) is 1. The fourth-order valence-corrected chi connectivity index (χ4v) is 4.47. The summed E-state index contributed by atoms with van der Waals surface area (Å²) in [6.45, 7) is 4.54. The molecule has 3 nitrogen and oxygen atoms in total. The lowest BCUT2D eigenvalue weighted by Gasteiger charge is -2.28. The van der Waals surface area contributed by atoms with Crippen LogP contribution in [0.25, 0.3) is 0 Å². The van der Waals surface area contributed by atoms with Crippen LogP contribution in [0.1, 0.15) is 37.8 Å². The second-order valence-corrected chi connectivity index (χ2v) is 7.36. The SMILES string of the molecule is CNC(C)c1ccc(N2CCC3CCC(C2)N3C)cc1Br. The Morgan fingerprint density at radius 3 is 2.71 bits per heavy atom. The lowest BCUT2D eigenvalue weighted by Crippen LogP contribution is -2.36. The average molecular weight is 352 g/mol. The van der Waals surface area contributed by atoms with Crippen molar-refractivity contribution < 1.29 is 0 Å². The van der Waals surface area contributed by atoms with Crippen molar-refractivity contribution in [3.8, 4) is 0 Å². The van der Waals surface area contributed by atoms with Crippen molar-refractivity contribution in [2.24, 2.45) is 0 Å². The molecule has 0 aliphatic carbocycles. The summed E-state index contributed by atoms with van der Waals surface area (Å²) in [6.07, 6.45) is 4.03. The number of hydrogen-bond donors (Lipinski definition) is 1. The van der Waals surface area contributed by atoms with Crippen molar-refractivity contribution in [2.45, 2.75) is 44.3 Å². The van der Waals surface area contributed by atoms with Gasteiger partial charge in [-0.25, -0.2) is 0 Å². The van der Waals surface area contributed by atoms with E-state index in [0.29, 0.717) is 6.04 Å². The monoisotopic (exact) mass is 351 g/mol. The van der Waals surface area contributed by atoms with Crippen molar-refractivity contribution in [2.75, 3.05) is 32.1 Å². The highest BCUT2D eigenvalue weighted by atomic mass is 79.9. The molecule has 2 fully saturated rings. The first-order valence-corrected chi connectivity index (χ1v) is 8.83. The van der Waals surface area contributed by atoms with Crippen molar-refractivity contribution in [1.29, 1.82) is 0 Å². The molecule has 1 N–H and O–H groups in total. The number of fused-ring (bicyclic) bond motifs is 2. The van der Waals surface area contributed by atoms with Gasteiger partial charge < -0.3 is 10.2 Å². The Bertz CT molecular complexity index is 505. The fourth-order valence-electron chi connectivity index (χ4n) is 3.76. The smallest absolute Gasteiger partial charge is 0.0378 e. The Morgan fingerprint density at radius 2 is 2.00 bits per heavy atom. The van der Waals surface area contributed by atoms with E-state index in [9.17, 15) is 0 Å². The standard InChI is InChI=1S/C17H26BrN3/c1-12(19-2)16-7-6-14(10-17(16)18)21-9-8-13-4-5-15(11-21)20(13)3/h6-7,10,12-13,15,19H,4-5,8-9,11H2,1-3H3. The largest absolute Gasteiger partial charge is 0.370 e. The highest BCUT2D eigenvalue weighted by Crippen LogP contribution is 2.33. The Balaban J connectivity index is 1.79. The van der Waals surface area contributed by atoms with E-state index in [0.717, 1.165) is 12.1 Å². The van der Waals surface area contributed by atoms with Gasteiger partial charge in [-0.05, 0) is 58.0 Å². The molecule has 3 atom stereocenters. The summed E-state index contributed by atoms with van der Waals surface area (Å²) < 4.78 is 1.21. The van der Waals surface area contributed by atoms with Crippen LogP contribution in [0.5, 0.6) is 0 Å². The first-order valence-electron chi connectivity index (χ1n) is 8.03. The first kappa shape index (κ1) is 15.3. The Hall–Kier alpha value is -0.580. The summed E-state index contributed by atoms with van der Waals surface area (Å²) in [6, 6.07) is 8.74. The van der Waals surface area contributed by atoms with Gasteiger partial charge in [-0.15, -0.1) is 0 Å². The van der Waals surface area contributed by atoms with Gasteiger partial charge in [0.15, 0.2) is 0 Å². The van der Waals surface area contributed by atoms with Crippen LogP contribution in [0, 0.1) is 0 Å². The molecule has 2 saturated heterocycles. The number of rotatable bonds is 3. The molecular weight excluding hydrogens is 326 g/mol. The van der Waals surface area contributed by atoms with Crippen molar-refractivity contribution >= 4 is 21.6 Å². The molecule has 2 aliphatic rings. The lowest BCUT2D eigenvalue weighted by atomic mass is 10.1. The van der Waals surface area contributed by atoms with Gasteiger partial charge in [-0.2, -0.15) is 0 Å². The molecule has 2 heterocycles. The number of nitrogens with zero attached hydrogens (tertiary/aromatic N) is 2. The number of hydrogen-bond acceptors (Lipinski definition) is 3. The highest BCUT2D eigenvalue weighted by Gasteiger charge is 2.34. The van der Waals surface area contributed by atoms with E-state index >= 15 is 0 Å². The molecule has 2 aliphatic heterocycles.